The second kappa shape index (κ2) is 9.52. The molecule has 0 fully saturated rings. The van der Waals surface area contributed by atoms with Crippen molar-refractivity contribution in [3.8, 4) is 28.1 Å². The van der Waals surface area contributed by atoms with E-state index < -0.39 is 11.9 Å². The van der Waals surface area contributed by atoms with Gasteiger partial charge in [0.15, 0.2) is 5.65 Å². The topological polar surface area (TPSA) is 109 Å². The van der Waals surface area contributed by atoms with Crippen LogP contribution in [0.25, 0.3) is 44.4 Å². The molecule has 6 aromatic rings. The molecule has 0 aliphatic carbocycles. The van der Waals surface area contributed by atoms with Gasteiger partial charge >= 0.3 is 0 Å². The Balaban J connectivity index is 1.63. The van der Waals surface area contributed by atoms with Gasteiger partial charge in [0.25, 0.3) is 0 Å². The lowest BCUT2D eigenvalue weighted by Crippen LogP contribution is -2.16. The van der Waals surface area contributed by atoms with Crippen LogP contribution in [0.1, 0.15) is 18.7 Å². The average molecular weight is 542 g/mol. The number of fused-ring (bicyclic) bond motifs is 2. The van der Waals surface area contributed by atoms with E-state index in [9.17, 15) is 9.18 Å². The van der Waals surface area contributed by atoms with Crippen LogP contribution in [0.5, 0.6) is 5.75 Å². The zero-order valence-electron chi connectivity index (χ0n) is 20.9. The van der Waals surface area contributed by atoms with Crippen molar-refractivity contribution >= 4 is 39.4 Å². The van der Waals surface area contributed by atoms with Crippen LogP contribution in [0.15, 0.2) is 82.3 Å². The quantitative estimate of drug-likeness (QED) is 0.274. The Morgan fingerprint density at radius 1 is 1.05 bits per heavy atom. The molecule has 10 heteroatoms. The van der Waals surface area contributed by atoms with Crippen molar-refractivity contribution in [2.24, 2.45) is 0 Å². The van der Waals surface area contributed by atoms with Gasteiger partial charge in [-0.3, -0.25) is 4.79 Å². The number of nitrogens with two attached hydrogens (primary N) is 1. The average Bonchev–Trinajstić information content (AvgIpc) is 3.34. The van der Waals surface area contributed by atoms with Crippen molar-refractivity contribution in [2.75, 3.05) is 12.8 Å². The predicted molar refractivity (Wildman–Crippen MR) is 148 cm³/mol. The maximum Gasteiger partial charge on any atom is 0.200 e. The van der Waals surface area contributed by atoms with E-state index in [0.717, 1.165) is 0 Å². The fourth-order valence-electron chi connectivity index (χ4n) is 4.76. The summed E-state index contributed by atoms with van der Waals surface area (Å²) in [6.07, 6.45) is 1.35. The fraction of sp³-hybridized carbons (Fsp3) is 0.103. The maximum absolute atomic E-state index is 14.3. The standard InChI is InChI=1S/C29H21ClFN5O3/c1-15(27-23(16-6-5-7-18(31)12-16)26(37)19-8-3-4-9-21(19)39-27)36-29-24(28(32)33-14-34-29)25(35-36)17-10-11-20(30)22(13-17)38-2/h3-15H,1-2H3,(H2,32,33,34). The number of nitrogens with zero attached hydrogens (tertiary/aromatic N) is 4. The van der Waals surface area contributed by atoms with Crippen molar-refractivity contribution in [1.82, 2.24) is 19.7 Å². The largest absolute Gasteiger partial charge is 0.495 e. The number of rotatable bonds is 5. The first-order chi connectivity index (χ1) is 18.9. The molecule has 0 aliphatic heterocycles. The number of nitrogen functional groups attached to an aromatic ring is 1. The third-order valence-electron chi connectivity index (χ3n) is 6.63. The first-order valence-corrected chi connectivity index (χ1v) is 12.4. The van der Waals surface area contributed by atoms with E-state index in [-0.39, 0.29) is 16.8 Å². The van der Waals surface area contributed by atoms with Gasteiger partial charge in [0, 0.05) is 5.56 Å². The molecule has 3 aromatic heterocycles. The summed E-state index contributed by atoms with van der Waals surface area (Å²) in [5.74, 6) is 0.524. The minimum atomic E-state index is -0.652. The number of hydrogen-bond acceptors (Lipinski definition) is 7. The zero-order chi connectivity index (χ0) is 27.3. The summed E-state index contributed by atoms with van der Waals surface area (Å²) < 4.78 is 27.6. The molecule has 0 spiro atoms. The number of ether oxygens (including phenoxy) is 1. The predicted octanol–water partition coefficient (Wildman–Crippen LogP) is 6.26. The van der Waals surface area contributed by atoms with Crippen LogP contribution in [0, 0.1) is 5.82 Å². The lowest BCUT2D eigenvalue weighted by molar-refractivity contribution is 0.415. The summed E-state index contributed by atoms with van der Waals surface area (Å²) in [5.41, 5.74) is 8.67. The Morgan fingerprint density at radius 2 is 1.87 bits per heavy atom. The molecule has 0 radical (unpaired) electrons. The summed E-state index contributed by atoms with van der Waals surface area (Å²) in [6.45, 7) is 1.83. The van der Waals surface area contributed by atoms with Crippen LogP contribution in [0.2, 0.25) is 5.02 Å². The third kappa shape index (κ3) is 4.07. The highest BCUT2D eigenvalue weighted by molar-refractivity contribution is 6.32. The molecule has 6 rings (SSSR count). The van der Waals surface area contributed by atoms with Crippen LogP contribution < -0.4 is 15.9 Å². The molecular weight excluding hydrogens is 521 g/mol. The number of aromatic nitrogens is 4. The minimum Gasteiger partial charge on any atom is -0.495 e. The Hall–Kier alpha value is -4.76. The molecule has 1 unspecified atom stereocenters. The Bertz CT molecular complexity index is 1950. The Labute approximate surface area is 226 Å². The van der Waals surface area contributed by atoms with E-state index in [1.807, 2.05) is 6.92 Å². The molecule has 0 bridgehead atoms. The molecule has 2 N–H and O–H groups in total. The van der Waals surface area contributed by atoms with Crippen molar-refractivity contribution in [1.29, 1.82) is 0 Å². The molecule has 194 valence electrons. The first-order valence-electron chi connectivity index (χ1n) is 12.0. The van der Waals surface area contributed by atoms with Gasteiger partial charge in [-0.2, -0.15) is 5.10 Å². The zero-order valence-corrected chi connectivity index (χ0v) is 21.6. The highest BCUT2D eigenvalue weighted by Crippen LogP contribution is 2.38. The van der Waals surface area contributed by atoms with Gasteiger partial charge in [0.05, 0.1) is 28.5 Å². The summed E-state index contributed by atoms with van der Waals surface area (Å²) in [5, 5.41) is 6.21. The molecule has 3 heterocycles. The fourth-order valence-corrected chi connectivity index (χ4v) is 4.95. The molecule has 1 atom stereocenters. The van der Waals surface area contributed by atoms with Crippen LogP contribution in [-0.4, -0.2) is 26.9 Å². The molecular formula is C29H21ClFN5O3. The van der Waals surface area contributed by atoms with E-state index in [0.29, 0.717) is 55.4 Å². The van der Waals surface area contributed by atoms with Crippen LogP contribution in [-0.2, 0) is 0 Å². The highest BCUT2D eigenvalue weighted by Gasteiger charge is 2.27. The molecule has 0 saturated heterocycles. The second-order valence-corrected chi connectivity index (χ2v) is 9.36. The van der Waals surface area contributed by atoms with Gasteiger partial charge in [-0.15, -0.1) is 0 Å². The molecule has 3 aromatic carbocycles. The normalized spacial score (nSPS) is 12.2. The second-order valence-electron chi connectivity index (χ2n) is 8.95. The van der Waals surface area contributed by atoms with Crippen LogP contribution in [0.4, 0.5) is 10.2 Å². The van der Waals surface area contributed by atoms with Crippen LogP contribution in [0.3, 0.4) is 0 Å². The van der Waals surface area contributed by atoms with E-state index in [2.05, 4.69) is 9.97 Å². The van der Waals surface area contributed by atoms with Gasteiger partial charge in [-0.05, 0) is 48.9 Å². The number of halogens is 2. The van der Waals surface area contributed by atoms with Crippen LogP contribution >= 0.6 is 11.6 Å². The third-order valence-corrected chi connectivity index (χ3v) is 6.94. The summed E-state index contributed by atoms with van der Waals surface area (Å²) in [4.78, 5) is 22.4. The lowest BCUT2D eigenvalue weighted by Gasteiger charge is -2.17. The molecule has 0 saturated carbocycles. The number of benzene rings is 3. The van der Waals surface area contributed by atoms with E-state index in [1.165, 1.54) is 25.6 Å². The lowest BCUT2D eigenvalue weighted by atomic mass is 9.99. The number of hydrogen-bond donors (Lipinski definition) is 1. The smallest absolute Gasteiger partial charge is 0.200 e. The van der Waals surface area contributed by atoms with E-state index >= 15 is 0 Å². The van der Waals surface area contributed by atoms with Gasteiger partial charge in [-0.25, -0.2) is 19.0 Å². The molecule has 0 amide bonds. The molecule has 8 nitrogen and oxygen atoms in total. The summed E-state index contributed by atoms with van der Waals surface area (Å²) in [7, 11) is 1.52. The maximum atomic E-state index is 14.3. The van der Waals surface area contributed by atoms with E-state index in [1.54, 1.807) is 59.3 Å². The SMILES string of the molecule is COc1cc(-c2nn(C(C)c3oc4ccccc4c(=O)c3-c3cccc(F)c3)c3ncnc(N)c23)ccc1Cl. The summed E-state index contributed by atoms with van der Waals surface area (Å²) >= 11 is 6.25. The monoisotopic (exact) mass is 541 g/mol. The number of methoxy groups -OCH3 is 1. The van der Waals surface area contributed by atoms with Gasteiger partial charge < -0.3 is 14.9 Å². The van der Waals surface area contributed by atoms with Gasteiger partial charge in [0.1, 0.15) is 46.8 Å². The highest BCUT2D eigenvalue weighted by atomic mass is 35.5. The molecule has 39 heavy (non-hydrogen) atoms. The number of anilines is 1. The first kappa shape index (κ1) is 24.6. The Morgan fingerprint density at radius 3 is 2.67 bits per heavy atom. The van der Waals surface area contributed by atoms with Crippen molar-refractivity contribution in [2.45, 2.75) is 13.0 Å². The van der Waals surface area contributed by atoms with Gasteiger partial charge in [0.2, 0.25) is 5.43 Å². The molecule has 0 aliphatic rings. The van der Waals surface area contributed by atoms with Crippen molar-refractivity contribution < 1.29 is 13.5 Å². The summed E-state index contributed by atoms with van der Waals surface area (Å²) in [6, 6.07) is 17.4. The van der Waals surface area contributed by atoms with E-state index in [4.69, 9.17) is 31.6 Å². The van der Waals surface area contributed by atoms with Crippen molar-refractivity contribution in [3.05, 3.63) is 99.9 Å². The Kier molecular flexibility index (Phi) is 6.00. The number of para-hydroxylation sites is 1. The minimum absolute atomic E-state index is 0.229. The van der Waals surface area contributed by atoms with Gasteiger partial charge in [-0.1, -0.05) is 41.9 Å². The van der Waals surface area contributed by atoms with Crippen molar-refractivity contribution in [3.63, 3.8) is 0 Å².